The highest BCUT2D eigenvalue weighted by atomic mass is 35.5. The van der Waals surface area contributed by atoms with Crippen molar-refractivity contribution in [1.29, 1.82) is 0 Å². The van der Waals surface area contributed by atoms with E-state index in [0.717, 1.165) is 17.9 Å². The maximum absolute atomic E-state index is 13.9. The van der Waals surface area contributed by atoms with Crippen molar-refractivity contribution >= 4 is 11.6 Å². The number of hydrogen-bond donors (Lipinski definition) is 1. The number of halogens is 2. The molecule has 0 aliphatic heterocycles. The first-order chi connectivity index (χ1) is 9.63. The van der Waals surface area contributed by atoms with Crippen LogP contribution in [0, 0.1) is 23.6 Å². The van der Waals surface area contributed by atoms with Crippen molar-refractivity contribution in [2.75, 3.05) is 6.54 Å². The molecule has 1 nitrogen and oxygen atoms in total. The van der Waals surface area contributed by atoms with Crippen molar-refractivity contribution in [1.82, 2.24) is 0 Å². The van der Waals surface area contributed by atoms with Gasteiger partial charge in [0.2, 0.25) is 0 Å². The summed E-state index contributed by atoms with van der Waals surface area (Å²) < 4.78 is 13.9. The van der Waals surface area contributed by atoms with Crippen LogP contribution in [-0.2, 0) is 6.42 Å². The lowest BCUT2D eigenvalue weighted by Crippen LogP contribution is -2.32. The summed E-state index contributed by atoms with van der Waals surface area (Å²) in [6.45, 7) is 2.95. The van der Waals surface area contributed by atoms with Crippen molar-refractivity contribution < 1.29 is 4.39 Å². The topological polar surface area (TPSA) is 26.0 Å². The van der Waals surface area contributed by atoms with E-state index in [1.165, 1.54) is 38.2 Å². The molecule has 0 spiro atoms. The van der Waals surface area contributed by atoms with Crippen LogP contribution in [-0.4, -0.2) is 6.54 Å². The van der Waals surface area contributed by atoms with Crippen molar-refractivity contribution in [2.45, 2.75) is 45.4 Å². The third-order valence-corrected chi connectivity index (χ3v) is 4.97. The van der Waals surface area contributed by atoms with Crippen LogP contribution >= 0.6 is 11.6 Å². The van der Waals surface area contributed by atoms with Crippen molar-refractivity contribution in [3.8, 4) is 0 Å². The minimum absolute atomic E-state index is 0.136. The Morgan fingerprint density at radius 1 is 1.30 bits per heavy atom. The predicted molar refractivity (Wildman–Crippen MR) is 83.4 cm³/mol. The van der Waals surface area contributed by atoms with Gasteiger partial charge in [0.1, 0.15) is 5.82 Å². The summed E-state index contributed by atoms with van der Waals surface area (Å²) in [5.74, 6) is 1.68. The van der Waals surface area contributed by atoms with E-state index in [9.17, 15) is 4.39 Å². The molecule has 0 radical (unpaired) electrons. The van der Waals surface area contributed by atoms with Crippen LogP contribution in [0.1, 0.15) is 44.6 Å². The first kappa shape index (κ1) is 15.8. The summed E-state index contributed by atoms with van der Waals surface area (Å²) in [5.41, 5.74) is 6.66. The van der Waals surface area contributed by atoms with E-state index in [-0.39, 0.29) is 5.82 Å². The third kappa shape index (κ3) is 3.95. The third-order valence-electron chi connectivity index (χ3n) is 4.74. The van der Waals surface area contributed by atoms with Crippen LogP contribution in [0.15, 0.2) is 18.2 Å². The summed E-state index contributed by atoms with van der Waals surface area (Å²) in [7, 11) is 0. The van der Waals surface area contributed by atoms with Gasteiger partial charge in [-0.1, -0.05) is 37.8 Å². The van der Waals surface area contributed by atoms with E-state index in [2.05, 4.69) is 6.92 Å². The largest absolute Gasteiger partial charge is 0.330 e. The Labute approximate surface area is 126 Å². The molecular weight excluding hydrogens is 273 g/mol. The van der Waals surface area contributed by atoms with Gasteiger partial charge in [0.25, 0.3) is 0 Å². The molecule has 1 saturated carbocycles. The second kappa shape index (κ2) is 7.42. The van der Waals surface area contributed by atoms with Crippen LogP contribution in [0.3, 0.4) is 0 Å². The summed E-state index contributed by atoms with van der Waals surface area (Å²) in [6.07, 6.45) is 6.94. The highest BCUT2D eigenvalue weighted by Crippen LogP contribution is 2.38. The van der Waals surface area contributed by atoms with Gasteiger partial charge >= 0.3 is 0 Å². The average Bonchev–Trinajstić information content (AvgIpc) is 2.44. The van der Waals surface area contributed by atoms with Gasteiger partial charge < -0.3 is 5.73 Å². The maximum atomic E-state index is 13.9. The lowest BCUT2D eigenvalue weighted by molar-refractivity contribution is 0.175. The van der Waals surface area contributed by atoms with E-state index in [4.69, 9.17) is 17.3 Å². The van der Waals surface area contributed by atoms with E-state index < -0.39 is 0 Å². The fourth-order valence-corrected chi connectivity index (χ4v) is 3.83. The summed E-state index contributed by atoms with van der Waals surface area (Å²) in [6, 6.07) is 4.86. The van der Waals surface area contributed by atoms with Gasteiger partial charge in [-0.05, 0) is 67.3 Å². The van der Waals surface area contributed by atoms with E-state index in [1.807, 2.05) is 0 Å². The molecular formula is C17H25ClFN. The van der Waals surface area contributed by atoms with Gasteiger partial charge in [-0.3, -0.25) is 0 Å². The highest BCUT2D eigenvalue weighted by Gasteiger charge is 2.29. The van der Waals surface area contributed by atoms with E-state index >= 15 is 0 Å². The molecule has 0 amide bonds. The molecule has 3 atom stereocenters. The summed E-state index contributed by atoms with van der Waals surface area (Å²) >= 11 is 5.99. The van der Waals surface area contributed by atoms with E-state index in [0.29, 0.717) is 23.4 Å². The molecule has 3 heteroatoms. The molecule has 0 heterocycles. The Morgan fingerprint density at radius 2 is 2.10 bits per heavy atom. The molecule has 0 bridgehead atoms. The molecule has 1 aliphatic carbocycles. The number of rotatable bonds is 5. The standard InChI is InChI=1S/C17H25ClFN/c1-2-3-12-4-5-13(11-20)14(8-12)9-15-10-16(18)6-7-17(15)19/h6-7,10,12-14H,2-5,8-9,11,20H2,1H3. The van der Waals surface area contributed by atoms with Gasteiger partial charge in [0.05, 0.1) is 0 Å². The molecule has 1 aromatic carbocycles. The maximum Gasteiger partial charge on any atom is 0.126 e. The van der Waals surface area contributed by atoms with Gasteiger partial charge in [-0.15, -0.1) is 0 Å². The molecule has 1 aromatic rings. The first-order valence-electron chi connectivity index (χ1n) is 7.78. The molecule has 1 fully saturated rings. The molecule has 0 saturated heterocycles. The van der Waals surface area contributed by atoms with Gasteiger partial charge in [0, 0.05) is 5.02 Å². The zero-order valence-corrected chi connectivity index (χ0v) is 13.0. The zero-order chi connectivity index (χ0) is 14.5. The fourth-order valence-electron chi connectivity index (χ4n) is 3.64. The van der Waals surface area contributed by atoms with Crippen LogP contribution in [0.25, 0.3) is 0 Å². The van der Waals surface area contributed by atoms with Crippen molar-refractivity contribution in [2.24, 2.45) is 23.5 Å². The fraction of sp³-hybridized carbons (Fsp3) is 0.647. The second-order valence-corrected chi connectivity index (χ2v) is 6.60. The van der Waals surface area contributed by atoms with E-state index in [1.54, 1.807) is 12.1 Å². The minimum Gasteiger partial charge on any atom is -0.330 e. The molecule has 2 N–H and O–H groups in total. The molecule has 0 aromatic heterocycles. The SMILES string of the molecule is CCCC1CCC(CN)C(Cc2cc(Cl)ccc2F)C1. The zero-order valence-electron chi connectivity index (χ0n) is 12.2. The summed E-state index contributed by atoms with van der Waals surface area (Å²) in [4.78, 5) is 0. The molecule has 112 valence electrons. The quantitative estimate of drug-likeness (QED) is 0.829. The second-order valence-electron chi connectivity index (χ2n) is 6.16. The Balaban J connectivity index is 2.09. The van der Waals surface area contributed by atoms with Gasteiger partial charge in [-0.2, -0.15) is 0 Å². The number of nitrogens with two attached hydrogens (primary N) is 1. The molecule has 2 rings (SSSR count). The average molecular weight is 298 g/mol. The van der Waals surface area contributed by atoms with Gasteiger partial charge in [-0.25, -0.2) is 4.39 Å². The van der Waals surface area contributed by atoms with Crippen LogP contribution in [0.2, 0.25) is 5.02 Å². The highest BCUT2D eigenvalue weighted by molar-refractivity contribution is 6.30. The van der Waals surface area contributed by atoms with Crippen LogP contribution in [0.4, 0.5) is 4.39 Å². The van der Waals surface area contributed by atoms with Crippen LogP contribution in [0.5, 0.6) is 0 Å². The van der Waals surface area contributed by atoms with Crippen molar-refractivity contribution in [3.63, 3.8) is 0 Å². The smallest absolute Gasteiger partial charge is 0.126 e. The number of hydrogen-bond acceptors (Lipinski definition) is 1. The van der Waals surface area contributed by atoms with Crippen molar-refractivity contribution in [3.05, 3.63) is 34.6 Å². The Morgan fingerprint density at radius 3 is 2.80 bits per heavy atom. The Hall–Kier alpha value is -0.600. The minimum atomic E-state index is -0.136. The lowest BCUT2D eigenvalue weighted by atomic mass is 9.70. The summed E-state index contributed by atoms with van der Waals surface area (Å²) in [5, 5.41) is 0.617. The number of benzene rings is 1. The van der Waals surface area contributed by atoms with Crippen LogP contribution < -0.4 is 5.73 Å². The molecule has 3 unspecified atom stereocenters. The molecule has 1 aliphatic rings. The predicted octanol–water partition coefficient (Wildman–Crippen LogP) is 4.81. The first-order valence-corrected chi connectivity index (χ1v) is 8.15. The Bertz CT molecular complexity index is 435. The lowest BCUT2D eigenvalue weighted by Gasteiger charge is -2.36. The Kier molecular flexibility index (Phi) is 5.86. The monoisotopic (exact) mass is 297 g/mol. The van der Waals surface area contributed by atoms with Gasteiger partial charge in [0.15, 0.2) is 0 Å². The molecule has 20 heavy (non-hydrogen) atoms. The normalized spacial score (nSPS) is 26.7.